The molecular formula is C16H24BrNO. The molecule has 0 aromatic heterocycles. The highest BCUT2D eigenvalue weighted by molar-refractivity contribution is 9.10. The van der Waals surface area contributed by atoms with Crippen molar-refractivity contribution in [1.82, 2.24) is 0 Å². The van der Waals surface area contributed by atoms with E-state index in [4.69, 9.17) is 10.5 Å². The Morgan fingerprint density at radius 3 is 2.79 bits per heavy atom. The van der Waals surface area contributed by atoms with E-state index in [2.05, 4.69) is 28.9 Å². The monoisotopic (exact) mass is 325 g/mol. The minimum absolute atomic E-state index is 0.00355. The van der Waals surface area contributed by atoms with Crippen LogP contribution >= 0.6 is 15.9 Å². The molecule has 1 aromatic carbocycles. The SMILES string of the molecule is CCC1CCCCC1Oc1ccc(Br)cc1[C@H](C)N. The molecule has 0 aliphatic heterocycles. The van der Waals surface area contributed by atoms with Crippen LogP contribution in [-0.2, 0) is 0 Å². The van der Waals surface area contributed by atoms with E-state index in [0.29, 0.717) is 12.0 Å². The van der Waals surface area contributed by atoms with Gasteiger partial charge in [-0.1, -0.05) is 29.3 Å². The highest BCUT2D eigenvalue weighted by atomic mass is 79.9. The van der Waals surface area contributed by atoms with Crippen LogP contribution in [0.25, 0.3) is 0 Å². The van der Waals surface area contributed by atoms with Crippen molar-refractivity contribution in [3.63, 3.8) is 0 Å². The predicted molar refractivity (Wildman–Crippen MR) is 83.4 cm³/mol. The maximum absolute atomic E-state index is 6.31. The van der Waals surface area contributed by atoms with E-state index in [1.54, 1.807) is 0 Å². The van der Waals surface area contributed by atoms with Crippen LogP contribution in [0.2, 0.25) is 0 Å². The zero-order chi connectivity index (χ0) is 13.8. The molecule has 1 aromatic rings. The molecule has 19 heavy (non-hydrogen) atoms. The first kappa shape index (κ1) is 14.9. The Hall–Kier alpha value is -0.540. The van der Waals surface area contributed by atoms with Crippen molar-refractivity contribution in [1.29, 1.82) is 0 Å². The lowest BCUT2D eigenvalue weighted by atomic mass is 9.84. The van der Waals surface area contributed by atoms with Gasteiger partial charge in [0.25, 0.3) is 0 Å². The molecule has 0 bridgehead atoms. The summed E-state index contributed by atoms with van der Waals surface area (Å²) in [5.41, 5.74) is 7.15. The Morgan fingerprint density at radius 1 is 1.37 bits per heavy atom. The van der Waals surface area contributed by atoms with Gasteiger partial charge >= 0.3 is 0 Å². The van der Waals surface area contributed by atoms with Crippen LogP contribution in [-0.4, -0.2) is 6.10 Å². The van der Waals surface area contributed by atoms with Gasteiger partial charge in [0.2, 0.25) is 0 Å². The number of nitrogens with two attached hydrogens (primary N) is 1. The van der Waals surface area contributed by atoms with Gasteiger partial charge in [0.1, 0.15) is 11.9 Å². The largest absolute Gasteiger partial charge is 0.490 e. The minimum Gasteiger partial charge on any atom is -0.490 e. The zero-order valence-electron chi connectivity index (χ0n) is 11.9. The van der Waals surface area contributed by atoms with Crippen LogP contribution in [0.4, 0.5) is 0 Å². The van der Waals surface area contributed by atoms with Crippen molar-refractivity contribution >= 4 is 15.9 Å². The summed E-state index contributed by atoms with van der Waals surface area (Å²) in [5, 5.41) is 0. The third-order valence-corrected chi connectivity index (χ3v) is 4.60. The summed E-state index contributed by atoms with van der Waals surface area (Å²) < 4.78 is 7.36. The third kappa shape index (κ3) is 3.73. The van der Waals surface area contributed by atoms with E-state index in [9.17, 15) is 0 Å². The highest BCUT2D eigenvalue weighted by Crippen LogP contribution is 2.34. The number of benzene rings is 1. The van der Waals surface area contributed by atoms with Crippen molar-refractivity contribution < 1.29 is 4.74 Å². The molecule has 2 nitrogen and oxygen atoms in total. The predicted octanol–water partition coefficient (Wildman–Crippen LogP) is 4.82. The summed E-state index contributed by atoms with van der Waals surface area (Å²) in [7, 11) is 0. The molecule has 2 rings (SSSR count). The van der Waals surface area contributed by atoms with E-state index >= 15 is 0 Å². The van der Waals surface area contributed by atoms with Crippen molar-refractivity contribution in [2.75, 3.05) is 0 Å². The van der Waals surface area contributed by atoms with Gasteiger partial charge in [-0.05, 0) is 56.7 Å². The van der Waals surface area contributed by atoms with Crippen molar-refractivity contribution in [2.45, 2.75) is 58.1 Å². The summed E-state index contributed by atoms with van der Waals surface area (Å²) in [6, 6.07) is 6.15. The third-order valence-electron chi connectivity index (χ3n) is 4.10. The van der Waals surface area contributed by atoms with Crippen molar-refractivity contribution in [2.24, 2.45) is 11.7 Å². The van der Waals surface area contributed by atoms with E-state index < -0.39 is 0 Å². The molecule has 2 N–H and O–H groups in total. The summed E-state index contributed by atoms with van der Waals surface area (Å²) in [4.78, 5) is 0. The van der Waals surface area contributed by atoms with Crippen LogP contribution in [0.5, 0.6) is 5.75 Å². The fourth-order valence-corrected chi connectivity index (χ4v) is 3.32. The Bertz CT molecular complexity index is 419. The highest BCUT2D eigenvalue weighted by Gasteiger charge is 2.26. The number of hydrogen-bond donors (Lipinski definition) is 1. The molecule has 2 unspecified atom stereocenters. The van der Waals surface area contributed by atoms with Gasteiger partial charge in [-0.2, -0.15) is 0 Å². The first-order valence-corrected chi connectivity index (χ1v) is 8.12. The lowest BCUT2D eigenvalue weighted by Gasteiger charge is -2.32. The number of rotatable bonds is 4. The van der Waals surface area contributed by atoms with Crippen LogP contribution in [0, 0.1) is 5.92 Å². The van der Waals surface area contributed by atoms with Crippen LogP contribution in [0.15, 0.2) is 22.7 Å². The maximum atomic E-state index is 6.31. The average molecular weight is 326 g/mol. The fraction of sp³-hybridized carbons (Fsp3) is 0.625. The summed E-state index contributed by atoms with van der Waals surface area (Å²) in [6.45, 7) is 4.27. The first-order chi connectivity index (χ1) is 9.11. The quantitative estimate of drug-likeness (QED) is 0.861. The minimum atomic E-state index is -0.00355. The second kappa shape index (κ2) is 6.76. The van der Waals surface area contributed by atoms with Gasteiger partial charge in [-0.3, -0.25) is 0 Å². The van der Waals surface area contributed by atoms with Gasteiger partial charge in [0.05, 0.1) is 0 Å². The van der Waals surface area contributed by atoms with Crippen LogP contribution in [0.1, 0.15) is 57.6 Å². The van der Waals surface area contributed by atoms with Gasteiger partial charge in [-0.25, -0.2) is 0 Å². The van der Waals surface area contributed by atoms with Gasteiger partial charge in [-0.15, -0.1) is 0 Å². The molecule has 3 heteroatoms. The molecule has 1 fully saturated rings. The average Bonchev–Trinajstić information content (AvgIpc) is 2.41. The molecule has 106 valence electrons. The lowest BCUT2D eigenvalue weighted by Crippen LogP contribution is -2.30. The number of ether oxygens (including phenoxy) is 1. The Kier molecular flexibility index (Phi) is 5.28. The molecule has 0 heterocycles. The standard InChI is InChI=1S/C16H24BrNO/c1-3-12-6-4-5-7-15(12)19-16-9-8-13(17)10-14(16)11(2)18/h8-12,15H,3-7,18H2,1-2H3/t11-,12?,15?/m0/s1. The van der Waals surface area contributed by atoms with Gasteiger partial charge < -0.3 is 10.5 Å². The maximum Gasteiger partial charge on any atom is 0.124 e. The van der Waals surface area contributed by atoms with E-state index in [1.165, 1.54) is 32.1 Å². The topological polar surface area (TPSA) is 35.2 Å². The molecular weight excluding hydrogens is 302 g/mol. The second-order valence-corrected chi connectivity index (χ2v) is 6.50. The zero-order valence-corrected chi connectivity index (χ0v) is 13.4. The fourth-order valence-electron chi connectivity index (χ4n) is 2.94. The molecule has 1 aliphatic carbocycles. The smallest absolute Gasteiger partial charge is 0.124 e. The molecule has 0 saturated heterocycles. The Labute approximate surface area is 124 Å². The molecule has 1 aliphatic rings. The Morgan fingerprint density at radius 2 is 2.11 bits per heavy atom. The molecule has 0 radical (unpaired) electrons. The van der Waals surface area contributed by atoms with E-state index in [0.717, 1.165) is 15.8 Å². The first-order valence-electron chi connectivity index (χ1n) is 7.33. The summed E-state index contributed by atoms with van der Waals surface area (Å²) in [6.07, 6.45) is 6.66. The second-order valence-electron chi connectivity index (χ2n) is 5.58. The normalized spacial score (nSPS) is 25.1. The lowest BCUT2D eigenvalue weighted by molar-refractivity contribution is 0.0891. The van der Waals surface area contributed by atoms with Crippen LogP contribution in [0.3, 0.4) is 0 Å². The molecule has 0 amide bonds. The van der Waals surface area contributed by atoms with Gasteiger partial charge in [0.15, 0.2) is 0 Å². The molecule has 3 atom stereocenters. The molecule has 1 saturated carbocycles. The van der Waals surface area contributed by atoms with Crippen LogP contribution < -0.4 is 10.5 Å². The Balaban J connectivity index is 2.17. The number of halogens is 1. The van der Waals surface area contributed by atoms with Crippen molar-refractivity contribution in [3.8, 4) is 5.75 Å². The summed E-state index contributed by atoms with van der Waals surface area (Å²) >= 11 is 3.50. The van der Waals surface area contributed by atoms with E-state index in [1.807, 2.05) is 19.1 Å². The number of hydrogen-bond acceptors (Lipinski definition) is 2. The van der Waals surface area contributed by atoms with Gasteiger partial charge in [0, 0.05) is 16.1 Å². The molecule has 0 spiro atoms. The van der Waals surface area contributed by atoms with E-state index in [-0.39, 0.29) is 6.04 Å². The summed E-state index contributed by atoms with van der Waals surface area (Å²) in [5.74, 6) is 1.65. The van der Waals surface area contributed by atoms with Crippen molar-refractivity contribution in [3.05, 3.63) is 28.2 Å².